The van der Waals surface area contributed by atoms with Crippen LogP contribution in [0.3, 0.4) is 0 Å². The maximum Gasteiger partial charge on any atom is 0.124 e. The van der Waals surface area contributed by atoms with Gasteiger partial charge in [0.05, 0.1) is 6.61 Å². The summed E-state index contributed by atoms with van der Waals surface area (Å²) in [5, 5.41) is 3.59. The van der Waals surface area contributed by atoms with Crippen LogP contribution >= 0.6 is 0 Å². The zero-order chi connectivity index (χ0) is 11.4. The molecule has 88 valence electrons. The molecule has 1 N–H and O–H groups in total. The van der Waals surface area contributed by atoms with Crippen molar-refractivity contribution in [3.8, 4) is 5.75 Å². The Balaban J connectivity index is 2.24. The number of hydrogen-bond acceptors (Lipinski definition) is 2. The molecule has 1 aromatic carbocycles. The van der Waals surface area contributed by atoms with E-state index in [1.54, 1.807) is 0 Å². The minimum absolute atomic E-state index is 0.479. The molecule has 16 heavy (non-hydrogen) atoms. The van der Waals surface area contributed by atoms with Gasteiger partial charge in [0.2, 0.25) is 0 Å². The van der Waals surface area contributed by atoms with E-state index in [-0.39, 0.29) is 0 Å². The summed E-state index contributed by atoms with van der Waals surface area (Å²) < 4.78 is 5.70. The first-order valence-corrected chi connectivity index (χ1v) is 6.32. The van der Waals surface area contributed by atoms with E-state index in [0.29, 0.717) is 6.04 Å². The third-order valence-electron chi connectivity index (χ3n) is 3.43. The van der Waals surface area contributed by atoms with Crippen molar-refractivity contribution >= 4 is 0 Å². The van der Waals surface area contributed by atoms with Crippen molar-refractivity contribution in [3.63, 3.8) is 0 Å². The summed E-state index contributed by atoms with van der Waals surface area (Å²) in [6.45, 7) is 6.17. The van der Waals surface area contributed by atoms with Gasteiger partial charge in [-0.05, 0) is 31.9 Å². The van der Waals surface area contributed by atoms with Crippen molar-refractivity contribution in [2.75, 3.05) is 13.2 Å². The predicted molar refractivity (Wildman–Crippen MR) is 66.8 cm³/mol. The zero-order valence-electron chi connectivity index (χ0n) is 10.2. The third kappa shape index (κ3) is 2.22. The predicted octanol–water partition coefficient (Wildman–Crippen LogP) is 3.15. The van der Waals surface area contributed by atoms with E-state index >= 15 is 0 Å². The highest BCUT2D eigenvalue weighted by atomic mass is 16.5. The van der Waals surface area contributed by atoms with E-state index in [4.69, 9.17) is 4.74 Å². The molecule has 0 aromatic heterocycles. The zero-order valence-corrected chi connectivity index (χ0v) is 10.2. The van der Waals surface area contributed by atoms with Crippen LogP contribution in [-0.2, 0) is 0 Å². The molecule has 2 nitrogen and oxygen atoms in total. The molecule has 0 bridgehead atoms. The van der Waals surface area contributed by atoms with E-state index in [1.807, 2.05) is 13.0 Å². The summed E-state index contributed by atoms with van der Waals surface area (Å²) in [7, 11) is 0. The normalized spacial score (nSPS) is 24.6. The monoisotopic (exact) mass is 219 g/mol. The van der Waals surface area contributed by atoms with Gasteiger partial charge >= 0.3 is 0 Å². The molecule has 0 radical (unpaired) electrons. The lowest BCUT2D eigenvalue weighted by molar-refractivity contribution is 0.327. The van der Waals surface area contributed by atoms with E-state index in [9.17, 15) is 0 Å². The van der Waals surface area contributed by atoms with Crippen LogP contribution in [0, 0.1) is 5.92 Å². The Labute approximate surface area is 98.0 Å². The number of nitrogens with one attached hydrogen (secondary N) is 1. The van der Waals surface area contributed by atoms with Crippen LogP contribution < -0.4 is 10.1 Å². The highest BCUT2D eigenvalue weighted by molar-refractivity contribution is 5.36. The molecule has 2 atom stereocenters. The molecular formula is C14H21NO. The Hall–Kier alpha value is -1.02. The molecule has 0 unspecified atom stereocenters. The van der Waals surface area contributed by atoms with E-state index in [2.05, 4.69) is 30.4 Å². The summed E-state index contributed by atoms with van der Waals surface area (Å²) in [6.07, 6.45) is 2.51. The summed E-state index contributed by atoms with van der Waals surface area (Å²) in [6, 6.07) is 8.89. The molecule has 2 heteroatoms. The van der Waals surface area contributed by atoms with Crippen LogP contribution in [0.15, 0.2) is 24.3 Å². The lowest BCUT2D eigenvalue weighted by Crippen LogP contribution is -2.18. The molecule has 0 saturated carbocycles. The molecule has 1 heterocycles. The maximum absolute atomic E-state index is 5.70. The maximum atomic E-state index is 5.70. The van der Waals surface area contributed by atoms with Gasteiger partial charge in [-0.3, -0.25) is 0 Å². The van der Waals surface area contributed by atoms with Gasteiger partial charge in [0.1, 0.15) is 5.75 Å². The van der Waals surface area contributed by atoms with Crippen LogP contribution in [0.25, 0.3) is 0 Å². The molecule has 1 saturated heterocycles. The van der Waals surface area contributed by atoms with Gasteiger partial charge in [-0.2, -0.15) is 0 Å². The van der Waals surface area contributed by atoms with Crippen molar-refractivity contribution < 1.29 is 4.74 Å². The first-order chi connectivity index (χ1) is 7.86. The average Bonchev–Trinajstić information content (AvgIpc) is 2.78. The highest BCUT2D eigenvalue weighted by Crippen LogP contribution is 2.36. The molecule has 0 aliphatic carbocycles. The smallest absolute Gasteiger partial charge is 0.124 e. The number of hydrogen-bond donors (Lipinski definition) is 1. The lowest BCUT2D eigenvalue weighted by Gasteiger charge is -2.21. The van der Waals surface area contributed by atoms with Crippen molar-refractivity contribution in [1.29, 1.82) is 0 Å². The summed E-state index contributed by atoms with van der Waals surface area (Å²) in [4.78, 5) is 0. The van der Waals surface area contributed by atoms with Gasteiger partial charge in [0.25, 0.3) is 0 Å². The molecule has 1 fully saturated rings. The molecular weight excluding hydrogens is 198 g/mol. The van der Waals surface area contributed by atoms with Gasteiger partial charge in [0.15, 0.2) is 0 Å². The summed E-state index contributed by atoms with van der Waals surface area (Å²) >= 11 is 0. The Morgan fingerprint density at radius 1 is 1.31 bits per heavy atom. The SMILES string of the molecule is CCOc1ccccc1[C@H]1NCC[C@@H]1CC. The number of benzene rings is 1. The molecule has 2 rings (SSSR count). The minimum Gasteiger partial charge on any atom is -0.494 e. The number of rotatable bonds is 4. The van der Waals surface area contributed by atoms with E-state index in [0.717, 1.165) is 24.8 Å². The highest BCUT2D eigenvalue weighted by Gasteiger charge is 2.28. The third-order valence-corrected chi connectivity index (χ3v) is 3.43. The average molecular weight is 219 g/mol. The number of ether oxygens (including phenoxy) is 1. The Kier molecular flexibility index (Phi) is 3.83. The van der Waals surface area contributed by atoms with E-state index < -0.39 is 0 Å². The Morgan fingerprint density at radius 3 is 2.88 bits per heavy atom. The van der Waals surface area contributed by atoms with Gasteiger partial charge in [-0.1, -0.05) is 31.5 Å². The van der Waals surface area contributed by atoms with Gasteiger partial charge in [-0.25, -0.2) is 0 Å². The molecule has 1 aromatic rings. The van der Waals surface area contributed by atoms with Crippen molar-refractivity contribution in [3.05, 3.63) is 29.8 Å². The minimum atomic E-state index is 0.479. The molecule has 0 amide bonds. The van der Waals surface area contributed by atoms with Crippen LogP contribution in [-0.4, -0.2) is 13.2 Å². The Morgan fingerprint density at radius 2 is 2.12 bits per heavy atom. The topological polar surface area (TPSA) is 21.3 Å². The molecule has 1 aliphatic rings. The second-order valence-electron chi connectivity index (χ2n) is 4.36. The molecule has 0 spiro atoms. The van der Waals surface area contributed by atoms with Crippen molar-refractivity contribution in [1.82, 2.24) is 5.32 Å². The second-order valence-corrected chi connectivity index (χ2v) is 4.36. The second kappa shape index (κ2) is 5.35. The van der Waals surface area contributed by atoms with Crippen LogP contribution in [0.2, 0.25) is 0 Å². The van der Waals surface area contributed by atoms with Crippen molar-refractivity contribution in [2.45, 2.75) is 32.7 Å². The van der Waals surface area contributed by atoms with E-state index in [1.165, 1.54) is 18.4 Å². The van der Waals surface area contributed by atoms with Gasteiger partial charge in [0, 0.05) is 11.6 Å². The number of para-hydroxylation sites is 1. The fourth-order valence-corrected chi connectivity index (χ4v) is 2.59. The Bertz CT molecular complexity index is 337. The fourth-order valence-electron chi connectivity index (χ4n) is 2.59. The van der Waals surface area contributed by atoms with Crippen LogP contribution in [0.1, 0.15) is 38.3 Å². The van der Waals surface area contributed by atoms with Gasteiger partial charge in [-0.15, -0.1) is 0 Å². The lowest BCUT2D eigenvalue weighted by atomic mass is 9.91. The van der Waals surface area contributed by atoms with Crippen molar-refractivity contribution in [2.24, 2.45) is 5.92 Å². The summed E-state index contributed by atoms with van der Waals surface area (Å²) in [5.41, 5.74) is 1.33. The fraction of sp³-hybridized carbons (Fsp3) is 0.571. The molecule has 1 aliphatic heterocycles. The van der Waals surface area contributed by atoms with Gasteiger partial charge < -0.3 is 10.1 Å². The van der Waals surface area contributed by atoms with Crippen LogP contribution in [0.5, 0.6) is 5.75 Å². The quantitative estimate of drug-likeness (QED) is 0.840. The first-order valence-electron chi connectivity index (χ1n) is 6.32. The first kappa shape index (κ1) is 11.5. The standard InChI is InChI=1S/C14H21NO/c1-3-11-9-10-15-14(11)12-7-5-6-8-13(12)16-4-2/h5-8,11,14-15H,3-4,9-10H2,1-2H3/t11-,14-/m0/s1. The van der Waals surface area contributed by atoms with Crippen LogP contribution in [0.4, 0.5) is 0 Å². The largest absolute Gasteiger partial charge is 0.494 e. The summed E-state index contributed by atoms with van der Waals surface area (Å²) in [5.74, 6) is 1.80.